The van der Waals surface area contributed by atoms with Crippen LogP contribution in [0.3, 0.4) is 0 Å². The van der Waals surface area contributed by atoms with Gasteiger partial charge in [0.25, 0.3) is 0 Å². The van der Waals surface area contributed by atoms with Gasteiger partial charge in [0, 0.05) is 33.8 Å². The van der Waals surface area contributed by atoms with Crippen LogP contribution in [0.1, 0.15) is 24.3 Å². The van der Waals surface area contributed by atoms with E-state index in [1.165, 1.54) is 33.2 Å². The standard InChI is InChI=1S/C45H30N2O2/c1-2-10-27(11-3-1)35-26-39-42(34-16-8-9-17-38(34)48-39)43-44(35)49-45(46-43)30-18-22-31(23-19-30)47-36-24-20-28-12-4-6-14-32(28)40(36)41-33-15-7-5-13-29(33)21-25-37(41)47/h1-4,6-12,14-26,37,41H,5,13H2. The third-order valence-corrected chi connectivity index (χ3v) is 10.7. The van der Waals surface area contributed by atoms with E-state index in [0.29, 0.717) is 5.89 Å². The SMILES string of the molecule is C1=CC2=C(C=CC3C2c2c(ccc4ccccc24)N3c2ccc(-c3nc4c(o3)c(-c3ccccc3)cc3oc5ccccc5c34)cc2)CC1. The van der Waals surface area contributed by atoms with Gasteiger partial charge in [-0.2, -0.15) is 0 Å². The number of aromatic nitrogens is 1. The molecule has 3 aliphatic rings. The molecule has 4 nitrogen and oxygen atoms in total. The number of nitrogens with zero attached hydrogens (tertiary/aromatic N) is 2. The first kappa shape index (κ1) is 26.9. The molecule has 0 saturated heterocycles. The predicted molar refractivity (Wildman–Crippen MR) is 199 cm³/mol. The van der Waals surface area contributed by atoms with E-state index >= 15 is 0 Å². The van der Waals surface area contributed by atoms with Crippen LogP contribution >= 0.6 is 0 Å². The van der Waals surface area contributed by atoms with Gasteiger partial charge in [0.05, 0.1) is 11.4 Å². The van der Waals surface area contributed by atoms with Crippen LogP contribution in [-0.2, 0) is 0 Å². The molecule has 6 aromatic carbocycles. The molecule has 11 rings (SSSR count). The highest BCUT2D eigenvalue weighted by atomic mass is 16.4. The van der Waals surface area contributed by atoms with Crippen LogP contribution in [-0.4, -0.2) is 11.0 Å². The molecule has 8 aromatic rings. The summed E-state index contributed by atoms with van der Waals surface area (Å²) in [5.74, 6) is 0.889. The van der Waals surface area contributed by atoms with Gasteiger partial charge in [-0.05, 0) is 88.4 Å². The van der Waals surface area contributed by atoms with Gasteiger partial charge < -0.3 is 13.7 Å². The highest BCUT2D eigenvalue weighted by Crippen LogP contribution is 2.54. The van der Waals surface area contributed by atoms with E-state index in [2.05, 4.69) is 114 Å². The Hall–Kier alpha value is -6.13. The number of oxazole rings is 1. The van der Waals surface area contributed by atoms with Crippen LogP contribution in [0.5, 0.6) is 0 Å². The molecule has 0 N–H and O–H groups in total. The molecule has 2 aliphatic carbocycles. The van der Waals surface area contributed by atoms with Crippen molar-refractivity contribution < 1.29 is 8.83 Å². The minimum atomic E-state index is 0.202. The van der Waals surface area contributed by atoms with Crippen molar-refractivity contribution in [3.63, 3.8) is 0 Å². The molecule has 0 amide bonds. The van der Waals surface area contributed by atoms with Crippen molar-refractivity contribution >= 4 is 55.2 Å². The van der Waals surface area contributed by atoms with Gasteiger partial charge in [-0.25, -0.2) is 4.98 Å². The van der Waals surface area contributed by atoms with Crippen LogP contribution in [0.2, 0.25) is 0 Å². The van der Waals surface area contributed by atoms with Gasteiger partial charge in [-0.3, -0.25) is 0 Å². The summed E-state index contributed by atoms with van der Waals surface area (Å²) in [6, 6.07) is 42.9. The summed E-state index contributed by atoms with van der Waals surface area (Å²) >= 11 is 0. The molecule has 1 aliphatic heterocycles. The highest BCUT2D eigenvalue weighted by Gasteiger charge is 2.42. The normalized spacial score (nSPS) is 18.2. The van der Waals surface area contributed by atoms with Crippen molar-refractivity contribution in [2.75, 3.05) is 4.90 Å². The fourth-order valence-corrected chi connectivity index (χ4v) is 8.55. The topological polar surface area (TPSA) is 42.4 Å². The molecule has 2 unspecified atom stereocenters. The summed E-state index contributed by atoms with van der Waals surface area (Å²) in [6.45, 7) is 0. The highest BCUT2D eigenvalue weighted by molar-refractivity contribution is 6.19. The maximum Gasteiger partial charge on any atom is 0.227 e. The van der Waals surface area contributed by atoms with E-state index in [0.717, 1.165) is 68.3 Å². The number of fused-ring (bicyclic) bond motifs is 11. The molecular weight excluding hydrogens is 601 g/mol. The third kappa shape index (κ3) is 3.89. The minimum Gasteiger partial charge on any atom is -0.456 e. The zero-order valence-electron chi connectivity index (χ0n) is 26.6. The number of allylic oxidation sites excluding steroid dienone is 4. The molecule has 3 heterocycles. The van der Waals surface area contributed by atoms with Crippen LogP contribution in [0, 0.1) is 0 Å². The number of hydrogen-bond acceptors (Lipinski definition) is 4. The molecule has 0 bridgehead atoms. The van der Waals surface area contributed by atoms with E-state index in [9.17, 15) is 0 Å². The van der Waals surface area contributed by atoms with E-state index in [1.54, 1.807) is 0 Å². The van der Waals surface area contributed by atoms with Crippen molar-refractivity contribution in [1.29, 1.82) is 0 Å². The van der Waals surface area contributed by atoms with E-state index < -0.39 is 0 Å². The first-order chi connectivity index (χ1) is 24.3. The largest absolute Gasteiger partial charge is 0.456 e. The lowest BCUT2D eigenvalue weighted by Crippen LogP contribution is -2.31. The molecular formula is C45H30N2O2. The van der Waals surface area contributed by atoms with Crippen molar-refractivity contribution in [2.24, 2.45) is 0 Å². The monoisotopic (exact) mass is 630 g/mol. The summed E-state index contributed by atoms with van der Waals surface area (Å²) in [4.78, 5) is 7.69. The number of rotatable bonds is 3. The second kappa shape index (κ2) is 10.2. The zero-order valence-corrected chi connectivity index (χ0v) is 26.6. The minimum absolute atomic E-state index is 0.202. The first-order valence-corrected chi connectivity index (χ1v) is 17.1. The summed E-state index contributed by atoms with van der Waals surface area (Å²) in [6.07, 6.45) is 11.8. The number of para-hydroxylation sites is 1. The quantitative estimate of drug-likeness (QED) is 0.195. The lowest BCUT2D eigenvalue weighted by molar-refractivity contribution is 0.620. The first-order valence-electron chi connectivity index (χ1n) is 17.1. The Labute approximate surface area is 282 Å². The number of anilines is 2. The average Bonchev–Trinajstić information content (AvgIpc) is 3.87. The molecule has 2 aromatic heterocycles. The molecule has 49 heavy (non-hydrogen) atoms. The van der Waals surface area contributed by atoms with Gasteiger partial charge in [0.15, 0.2) is 5.58 Å². The van der Waals surface area contributed by atoms with Gasteiger partial charge in [-0.15, -0.1) is 0 Å². The summed E-state index contributed by atoms with van der Waals surface area (Å²) < 4.78 is 13.0. The fraction of sp³-hybridized carbons (Fsp3) is 0.0889. The smallest absolute Gasteiger partial charge is 0.227 e. The van der Waals surface area contributed by atoms with E-state index in [4.69, 9.17) is 13.8 Å². The third-order valence-electron chi connectivity index (χ3n) is 10.7. The Morgan fingerprint density at radius 1 is 0.694 bits per heavy atom. The fourth-order valence-electron chi connectivity index (χ4n) is 8.55. The molecule has 2 atom stereocenters. The second-order valence-corrected chi connectivity index (χ2v) is 13.3. The van der Waals surface area contributed by atoms with Gasteiger partial charge in [0.2, 0.25) is 5.89 Å². The predicted octanol–water partition coefficient (Wildman–Crippen LogP) is 12.0. The molecule has 232 valence electrons. The van der Waals surface area contributed by atoms with E-state index in [-0.39, 0.29) is 12.0 Å². The second-order valence-electron chi connectivity index (χ2n) is 13.3. The lowest BCUT2D eigenvalue weighted by Gasteiger charge is -2.33. The Bertz CT molecular complexity index is 2730. The van der Waals surface area contributed by atoms with Crippen molar-refractivity contribution in [3.05, 3.63) is 162 Å². The Morgan fingerprint density at radius 3 is 2.41 bits per heavy atom. The van der Waals surface area contributed by atoms with Gasteiger partial charge in [0.1, 0.15) is 16.7 Å². The maximum absolute atomic E-state index is 6.69. The number of furan rings is 1. The van der Waals surface area contributed by atoms with Crippen molar-refractivity contribution in [1.82, 2.24) is 4.98 Å². The molecule has 0 saturated carbocycles. The van der Waals surface area contributed by atoms with E-state index in [1.807, 2.05) is 36.4 Å². The maximum atomic E-state index is 6.69. The van der Waals surface area contributed by atoms with Crippen LogP contribution < -0.4 is 4.90 Å². The van der Waals surface area contributed by atoms with Crippen molar-refractivity contribution in [2.45, 2.75) is 24.8 Å². The molecule has 0 spiro atoms. The van der Waals surface area contributed by atoms with Crippen LogP contribution in [0.4, 0.5) is 11.4 Å². The lowest BCUT2D eigenvalue weighted by atomic mass is 9.77. The van der Waals surface area contributed by atoms with Gasteiger partial charge in [-0.1, -0.05) is 103 Å². The average molecular weight is 631 g/mol. The summed E-state index contributed by atoms with van der Waals surface area (Å²) in [5.41, 5.74) is 13.0. The Morgan fingerprint density at radius 2 is 1.51 bits per heavy atom. The van der Waals surface area contributed by atoms with Crippen LogP contribution in [0.25, 0.3) is 66.4 Å². The number of benzene rings is 6. The Kier molecular flexibility index (Phi) is 5.59. The summed E-state index contributed by atoms with van der Waals surface area (Å²) in [7, 11) is 0. The molecule has 4 heteroatoms. The molecule has 0 radical (unpaired) electrons. The van der Waals surface area contributed by atoms with Crippen LogP contribution in [0.15, 0.2) is 166 Å². The van der Waals surface area contributed by atoms with Crippen molar-refractivity contribution in [3.8, 4) is 22.6 Å². The number of hydrogen-bond donors (Lipinski definition) is 0. The van der Waals surface area contributed by atoms with Gasteiger partial charge >= 0.3 is 0 Å². The zero-order chi connectivity index (χ0) is 32.1. The molecule has 0 fully saturated rings. The Balaban J connectivity index is 1.06. The summed E-state index contributed by atoms with van der Waals surface area (Å²) in [5, 5.41) is 4.66.